The van der Waals surface area contributed by atoms with Crippen molar-refractivity contribution in [3.63, 3.8) is 0 Å². The Labute approximate surface area is 167 Å². The summed E-state index contributed by atoms with van der Waals surface area (Å²) in [4.78, 5) is 9.17. The highest BCUT2D eigenvalue weighted by atomic mass is 16.6. The number of pyridine rings is 1. The van der Waals surface area contributed by atoms with Crippen LogP contribution < -0.4 is 20.1 Å². The van der Waals surface area contributed by atoms with Crippen molar-refractivity contribution in [1.82, 2.24) is 15.6 Å². The molecule has 3 rings (SSSR count). The molecule has 28 heavy (non-hydrogen) atoms. The van der Waals surface area contributed by atoms with Crippen LogP contribution >= 0.6 is 0 Å². The number of nitrogens with zero attached hydrogens (tertiary/aromatic N) is 2. The second-order valence-corrected chi connectivity index (χ2v) is 7.44. The molecule has 0 amide bonds. The van der Waals surface area contributed by atoms with Gasteiger partial charge >= 0.3 is 0 Å². The van der Waals surface area contributed by atoms with Crippen LogP contribution in [0.5, 0.6) is 11.5 Å². The largest absolute Gasteiger partial charge is 0.486 e. The molecule has 0 atom stereocenters. The van der Waals surface area contributed by atoms with E-state index in [9.17, 15) is 0 Å². The molecule has 0 spiro atoms. The summed E-state index contributed by atoms with van der Waals surface area (Å²) in [5.41, 5.74) is 2.13. The molecule has 0 bridgehead atoms. The quantitative estimate of drug-likeness (QED) is 0.569. The van der Waals surface area contributed by atoms with Gasteiger partial charge in [-0.15, -0.1) is 0 Å². The molecule has 2 N–H and O–H groups in total. The minimum atomic E-state index is -0.126. The first-order valence-corrected chi connectivity index (χ1v) is 9.91. The summed E-state index contributed by atoms with van der Waals surface area (Å²) < 4.78 is 11.4. The molecule has 0 radical (unpaired) electrons. The summed E-state index contributed by atoms with van der Waals surface area (Å²) in [6, 6.07) is 12.2. The van der Waals surface area contributed by atoms with Crippen molar-refractivity contribution in [2.24, 2.45) is 4.99 Å². The molecule has 1 aliphatic heterocycles. The minimum absolute atomic E-state index is 0.126. The third-order valence-corrected chi connectivity index (χ3v) is 4.70. The zero-order valence-corrected chi connectivity index (χ0v) is 17.0. The molecule has 0 fully saturated rings. The number of aromatic nitrogens is 1. The van der Waals surface area contributed by atoms with Gasteiger partial charge in [-0.3, -0.25) is 9.98 Å². The lowest BCUT2D eigenvalue weighted by Gasteiger charge is -2.26. The van der Waals surface area contributed by atoms with Crippen molar-refractivity contribution >= 4 is 5.96 Å². The summed E-state index contributed by atoms with van der Waals surface area (Å²) in [6.45, 7) is 9.93. The zero-order chi connectivity index (χ0) is 19.8. The molecule has 6 nitrogen and oxygen atoms in total. The molecular weight excluding hydrogens is 352 g/mol. The van der Waals surface area contributed by atoms with E-state index in [1.807, 2.05) is 30.5 Å². The topological polar surface area (TPSA) is 67.8 Å². The first-order valence-electron chi connectivity index (χ1n) is 9.91. The van der Waals surface area contributed by atoms with Gasteiger partial charge in [-0.1, -0.05) is 26.0 Å². The van der Waals surface area contributed by atoms with E-state index < -0.39 is 0 Å². The number of benzene rings is 1. The average molecular weight is 383 g/mol. The SMILES string of the molecule is CCNC(=NCC(C)(C)c1ccc2c(c1)OCCO2)NCCc1ccccn1. The second kappa shape index (κ2) is 9.44. The molecular formula is C22H30N4O2. The molecule has 2 aromatic rings. The van der Waals surface area contributed by atoms with Gasteiger partial charge < -0.3 is 20.1 Å². The number of rotatable bonds is 7. The van der Waals surface area contributed by atoms with Crippen LogP contribution in [0.2, 0.25) is 0 Å². The van der Waals surface area contributed by atoms with Crippen LogP contribution in [0.3, 0.4) is 0 Å². The van der Waals surface area contributed by atoms with Crippen LogP contribution in [0.1, 0.15) is 32.0 Å². The molecule has 0 aliphatic carbocycles. The highest BCUT2D eigenvalue weighted by molar-refractivity contribution is 5.79. The van der Waals surface area contributed by atoms with E-state index in [4.69, 9.17) is 14.5 Å². The van der Waals surface area contributed by atoms with Gasteiger partial charge in [-0.05, 0) is 36.8 Å². The fourth-order valence-corrected chi connectivity index (χ4v) is 3.03. The van der Waals surface area contributed by atoms with Crippen LogP contribution in [-0.2, 0) is 11.8 Å². The molecule has 1 aliphatic rings. The maximum absolute atomic E-state index is 5.73. The molecule has 0 saturated carbocycles. The Kier molecular flexibility index (Phi) is 6.74. The normalized spacial score (nSPS) is 13.9. The number of fused-ring (bicyclic) bond motifs is 1. The first kappa shape index (κ1) is 20.0. The summed E-state index contributed by atoms with van der Waals surface area (Å²) in [5, 5.41) is 6.71. The van der Waals surface area contributed by atoms with Crippen LogP contribution in [-0.4, -0.2) is 43.8 Å². The van der Waals surface area contributed by atoms with E-state index in [0.29, 0.717) is 19.8 Å². The predicted octanol–water partition coefficient (Wildman–Crippen LogP) is 2.93. The van der Waals surface area contributed by atoms with E-state index in [1.165, 1.54) is 5.56 Å². The Bertz CT molecular complexity index is 790. The molecule has 6 heteroatoms. The van der Waals surface area contributed by atoms with Gasteiger partial charge in [0, 0.05) is 36.8 Å². The summed E-state index contributed by atoms with van der Waals surface area (Å²) >= 11 is 0. The molecule has 0 unspecified atom stereocenters. The van der Waals surface area contributed by atoms with Crippen LogP contribution in [0.4, 0.5) is 0 Å². The van der Waals surface area contributed by atoms with Crippen LogP contribution in [0.15, 0.2) is 47.6 Å². The number of hydrogen-bond acceptors (Lipinski definition) is 4. The van der Waals surface area contributed by atoms with E-state index in [-0.39, 0.29) is 5.41 Å². The standard InChI is InChI=1S/C22H30N4O2/c1-4-23-21(25-12-10-18-7-5-6-11-24-18)26-16-22(2,3)17-8-9-19-20(15-17)28-14-13-27-19/h5-9,11,15H,4,10,12-14,16H2,1-3H3,(H2,23,25,26). The number of ether oxygens (including phenoxy) is 2. The van der Waals surface area contributed by atoms with Gasteiger partial charge in [0.2, 0.25) is 0 Å². The van der Waals surface area contributed by atoms with E-state index in [2.05, 4.69) is 48.5 Å². The fraction of sp³-hybridized carbons (Fsp3) is 0.455. The number of aliphatic imine (C=N–C) groups is 1. The van der Waals surface area contributed by atoms with Crippen molar-refractivity contribution in [3.05, 3.63) is 53.9 Å². The number of nitrogens with one attached hydrogen (secondary N) is 2. The van der Waals surface area contributed by atoms with Gasteiger partial charge in [0.15, 0.2) is 17.5 Å². The Morgan fingerprint density at radius 3 is 2.68 bits per heavy atom. The van der Waals surface area contributed by atoms with E-state index in [1.54, 1.807) is 0 Å². The molecule has 0 saturated heterocycles. The lowest BCUT2D eigenvalue weighted by atomic mass is 9.84. The monoisotopic (exact) mass is 382 g/mol. The van der Waals surface area contributed by atoms with Gasteiger partial charge in [0.1, 0.15) is 13.2 Å². The van der Waals surface area contributed by atoms with Crippen molar-refractivity contribution in [1.29, 1.82) is 0 Å². The summed E-state index contributed by atoms with van der Waals surface area (Å²) in [7, 11) is 0. The maximum atomic E-state index is 5.73. The number of guanidine groups is 1. The third kappa shape index (κ3) is 5.38. The third-order valence-electron chi connectivity index (χ3n) is 4.70. The Hall–Kier alpha value is -2.76. The molecule has 150 valence electrons. The van der Waals surface area contributed by atoms with Crippen molar-refractivity contribution in [3.8, 4) is 11.5 Å². The van der Waals surface area contributed by atoms with Gasteiger partial charge in [0.05, 0.1) is 6.54 Å². The summed E-state index contributed by atoms with van der Waals surface area (Å²) in [5.74, 6) is 2.46. The van der Waals surface area contributed by atoms with E-state index >= 15 is 0 Å². The highest BCUT2D eigenvalue weighted by Crippen LogP contribution is 2.35. The fourth-order valence-electron chi connectivity index (χ4n) is 3.03. The van der Waals surface area contributed by atoms with Crippen LogP contribution in [0.25, 0.3) is 0 Å². The van der Waals surface area contributed by atoms with Crippen LogP contribution in [0, 0.1) is 0 Å². The smallest absolute Gasteiger partial charge is 0.191 e. The van der Waals surface area contributed by atoms with Crippen molar-refractivity contribution < 1.29 is 9.47 Å². The van der Waals surface area contributed by atoms with Gasteiger partial charge in [-0.2, -0.15) is 0 Å². The van der Waals surface area contributed by atoms with Gasteiger partial charge in [0.25, 0.3) is 0 Å². The molecule has 1 aromatic carbocycles. The maximum Gasteiger partial charge on any atom is 0.191 e. The average Bonchev–Trinajstić information content (AvgIpc) is 2.72. The summed E-state index contributed by atoms with van der Waals surface area (Å²) in [6.07, 6.45) is 2.68. The molecule has 1 aromatic heterocycles. The second-order valence-electron chi connectivity index (χ2n) is 7.44. The van der Waals surface area contributed by atoms with Crippen molar-refractivity contribution in [2.45, 2.75) is 32.6 Å². The first-order chi connectivity index (χ1) is 13.6. The minimum Gasteiger partial charge on any atom is -0.486 e. The lowest BCUT2D eigenvalue weighted by molar-refractivity contribution is 0.171. The predicted molar refractivity (Wildman–Crippen MR) is 112 cm³/mol. The Morgan fingerprint density at radius 1 is 1.11 bits per heavy atom. The number of hydrogen-bond donors (Lipinski definition) is 2. The molecule has 2 heterocycles. The lowest BCUT2D eigenvalue weighted by Crippen LogP contribution is -2.39. The van der Waals surface area contributed by atoms with Gasteiger partial charge in [-0.25, -0.2) is 0 Å². The van der Waals surface area contributed by atoms with Crippen molar-refractivity contribution in [2.75, 3.05) is 32.8 Å². The zero-order valence-electron chi connectivity index (χ0n) is 17.0. The Balaban J connectivity index is 1.62. The van der Waals surface area contributed by atoms with E-state index in [0.717, 1.165) is 42.7 Å². The Morgan fingerprint density at radius 2 is 1.93 bits per heavy atom. The highest BCUT2D eigenvalue weighted by Gasteiger charge is 2.23.